The van der Waals surface area contributed by atoms with Crippen molar-refractivity contribution in [2.75, 3.05) is 12.3 Å². The summed E-state index contributed by atoms with van der Waals surface area (Å²) < 4.78 is 29.1. The summed E-state index contributed by atoms with van der Waals surface area (Å²) in [5.41, 5.74) is 0. The van der Waals surface area contributed by atoms with Crippen molar-refractivity contribution in [1.29, 1.82) is 0 Å². The predicted molar refractivity (Wildman–Crippen MR) is 82.1 cm³/mol. The lowest BCUT2D eigenvalue weighted by Gasteiger charge is -2.07. The third kappa shape index (κ3) is 4.92. The topological polar surface area (TPSA) is 88.4 Å². The molecule has 2 rings (SSSR count). The first kappa shape index (κ1) is 16.1. The minimum atomic E-state index is -3.29. The first-order valence-electron chi connectivity index (χ1n) is 6.90. The Balaban J connectivity index is 1.67. The number of amides is 2. The highest BCUT2D eigenvalue weighted by molar-refractivity contribution is 7.91. The second-order valence-corrected chi connectivity index (χ2v) is 6.78. The number of nitrogens with one attached hydrogen (secondary N) is 2. The summed E-state index contributed by atoms with van der Waals surface area (Å²) in [7, 11) is -3.29. The zero-order valence-electron chi connectivity index (χ0n) is 12.0. The number of hydrogen-bond donors (Lipinski definition) is 2. The summed E-state index contributed by atoms with van der Waals surface area (Å²) >= 11 is 0. The Bertz CT molecular complexity index is 682. The molecule has 1 aromatic carbocycles. The summed E-state index contributed by atoms with van der Waals surface area (Å²) in [5, 5.41) is 5.23. The van der Waals surface area contributed by atoms with Gasteiger partial charge in [-0.15, -0.1) is 0 Å². The van der Waals surface area contributed by atoms with Crippen molar-refractivity contribution < 1.29 is 17.6 Å². The molecular weight excluding hydrogens is 304 g/mol. The zero-order valence-corrected chi connectivity index (χ0v) is 12.8. The molecule has 0 atom stereocenters. The molecule has 0 aliphatic carbocycles. The molecule has 0 aliphatic rings. The average Bonchev–Trinajstić information content (AvgIpc) is 3.04. The second kappa shape index (κ2) is 7.65. The van der Waals surface area contributed by atoms with Gasteiger partial charge in [0.2, 0.25) is 0 Å². The van der Waals surface area contributed by atoms with Crippen molar-refractivity contribution in [3.63, 3.8) is 0 Å². The van der Waals surface area contributed by atoms with Gasteiger partial charge in [0.1, 0.15) is 5.76 Å². The molecular formula is C15H18N2O4S. The molecule has 0 saturated heterocycles. The molecule has 118 valence electrons. The van der Waals surface area contributed by atoms with Crippen LogP contribution in [0.15, 0.2) is 58.0 Å². The zero-order chi connectivity index (χ0) is 15.8. The van der Waals surface area contributed by atoms with Crippen LogP contribution in [0.3, 0.4) is 0 Å². The number of carbonyl (C=O) groups excluding carboxylic acids is 1. The van der Waals surface area contributed by atoms with Crippen LogP contribution in [0.2, 0.25) is 0 Å². The van der Waals surface area contributed by atoms with Crippen LogP contribution in [0.5, 0.6) is 0 Å². The molecule has 0 fully saturated rings. The van der Waals surface area contributed by atoms with Crippen molar-refractivity contribution in [3.05, 3.63) is 54.5 Å². The Morgan fingerprint density at radius 2 is 1.82 bits per heavy atom. The summed E-state index contributed by atoms with van der Waals surface area (Å²) in [6.45, 7) is 0.581. The summed E-state index contributed by atoms with van der Waals surface area (Å²) in [5.74, 6) is 0.650. The van der Waals surface area contributed by atoms with Gasteiger partial charge < -0.3 is 15.1 Å². The SMILES string of the molecule is O=C(NCCCS(=O)(=O)c1ccccc1)NCc1ccco1. The number of benzene rings is 1. The normalized spacial score (nSPS) is 11.1. The molecule has 2 aromatic rings. The largest absolute Gasteiger partial charge is 0.467 e. The van der Waals surface area contributed by atoms with Crippen molar-refractivity contribution in [3.8, 4) is 0 Å². The fourth-order valence-electron chi connectivity index (χ4n) is 1.85. The molecule has 0 aliphatic heterocycles. The third-order valence-corrected chi connectivity index (χ3v) is 4.80. The van der Waals surface area contributed by atoms with Gasteiger partial charge in [0.25, 0.3) is 0 Å². The van der Waals surface area contributed by atoms with Gasteiger partial charge in [-0.3, -0.25) is 0 Å². The van der Waals surface area contributed by atoms with Crippen molar-refractivity contribution in [2.24, 2.45) is 0 Å². The van der Waals surface area contributed by atoms with E-state index < -0.39 is 9.84 Å². The van der Waals surface area contributed by atoms with E-state index in [0.29, 0.717) is 23.6 Å². The molecule has 22 heavy (non-hydrogen) atoms. The van der Waals surface area contributed by atoms with Gasteiger partial charge in [-0.25, -0.2) is 13.2 Å². The van der Waals surface area contributed by atoms with Crippen molar-refractivity contribution in [2.45, 2.75) is 17.9 Å². The lowest BCUT2D eigenvalue weighted by atomic mass is 10.4. The first-order valence-corrected chi connectivity index (χ1v) is 8.55. The quantitative estimate of drug-likeness (QED) is 0.763. The highest BCUT2D eigenvalue weighted by Gasteiger charge is 2.13. The van der Waals surface area contributed by atoms with E-state index in [0.717, 1.165) is 0 Å². The fourth-order valence-corrected chi connectivity index (χ4v) is 3.18. The molecule has 1 heterocycles. The van der Waals surface area contributed by atoms with E-state index in [4.69, 9.17) is 4.42 Å². The number of urea groups is 1. The maximum atomic E-state index is 12.0. The predicted octanol–water partition coefficient (Wildman–Crippen LogP) is 1.94. The van der Waals surface area contributed by atoms with E-state index in [-0.39, 0.29) is 18.3 Å². The molecule has 6 nitrogen and oxygen atoms in total. The third-order valence-electron chi connectivity index (χ3n) is 2.98. The van der Waals surface area contributed by atoms with Gasteiger partial charge in [-0.05, 0) is 30.7 Å². The first-order chi connectivity index (χ1) is 10.6. The highest BCUT2D eigenvalue weighted by Crippen LogP contribution is 2.10. The monoisotopic (exact) mass is 322 g/mol. The molecule has 1 aromatic heterocycles. The maximum absolute atomic E-state index is 12.0. The van der Waals surface area contributed by atoms with Crippen LogP contribution in [0.4, 0.5) is 4.79 Å². The highest BCUT2D eigenvalue weighted by atomic mass is 32.2. The number of rotatable bonds is 7. The molecule has 2 N–H and O–H groups in total. The maximum Gasteiger partial charge on any atom is 0.315 e. The lowest BCUT2D eigenvalue weighted by Crippen LogP contribution is -2.36. The standard InChI is InChI=1S/C15H18N2O4S/c18-15(17-12-13-6-4-10-21-13)16-9-5-11-22(19,20)14-7-2-1-3-8-14/h1-4,6-8,10H,5,9,11-12H2,(H2,16,17,18). The summed E-state index contributed by atoms with van der Waals surface area (Å²) in [6, 6.07) is 11.4. The van der Waals surface area contributed by atoms with E-state index in [9.17, 15) is 13.2 Å². The van der Waals surface area contributed by atoms with Crippen LogP contribution in [-0.2, 0) is 16.4 Å². The Kier molecular flexibility index (Phi) is 5.60. The average molecular weight is 322 g/mol. The molecule has 0 saturated carbocycles. The molecule has 0 spiro atoms. The lowest BCUT2D eigenvalue weighted by molar-refractivity contribution is 0.239. The smallest absolute Gasteiger partial charge is 0.315 e. The van der Waals surface area contributed by atoms with E-state index >= 15 is 0 Å². The van der Waals surface area contributed by atoms with Crippen LogP contribution in [-0.4, -0.2) is 26.7 Å². The number of sulfone groups is 1. The molecule has 2 amide bonds. The summed E-state index contributed by atoms with van der Waals surface area (Å²) in [4.78, 5) is 11.8. The van der Waals surface area contributed by atoms with Crippen LogP contribution in [0.25, 0.3) is 0 Å². The van der Waals surface area contributed by atoms with Crippen molar-refractivity contribution in [1.82, 2.24) is 10.6 Å². The van der Waals surface area contributed by atoms with E-state index in [1.54, 1.807) is 42.5 Å². The number of carbonyl (C=O) groups is 1. The Labute approximate surface area is 129 Å². The van der Waals surface area contributed by atoms with Gasteiger partial charge in [-0.1, -0.05) is 18.2 Å². The molecule has 7 heteroatoms. The second-order valence-electron chi connectivity index (χ2n) is 4.67. The number of furan rings is 1. The van der Waals surface area contributed by atoms with Crippen LogP contribution >= 0.6 is 0 Å². The Hall–Kier alpha value is -2.28. The Morgan fingerprint density at radius 3 is 2.50 bits per heavy atom. The van der Waals surface area contributed by atoms with Gasteiger partial charge in [0.15, 0.2) is 9.84 Å². The molecule has 0 radical (unpaired) electrons. The van der Waals surface area contributed by atoms with Crippen LogP contribution < -0.4 is 10.6 Å². The van der Waals surface area contributed by atoms with Crippen LogP contribution in [0, 0.1) is 0 Å². The van der Waals surface area contributed by atoms with E-state index in [1.165, 1.54) is 6.26 Å². The fraction of sp³-hybridized carbons (Fsp3) is 0.267. The van der Waals surface area contributed by atoms with Gasteiger partial charge in [0, 0.05) is 6.54 Å². The van der Waals surface area contributed by atoms with Gasteiger partial charge >= 0.3 is 6.03 Å². The number of hydrogen-bond acceptors (Lipinski definition) is 4. The van der Waals surface area contributed by atoms with Gasteiger partial charge in [0.05, 0.1) is 23.5 Å². The molecule has 0 bridgehead atoms. The Morgan fingerprint density at radius 1 is 1.05 bits per heavy atom. The minimum absolute atomic E-state index is 0.00449. The minimum Gasteiger partial charge on any atom is -0.467 e. The van der Waals surface area contributed by atoms with Crippen LogP contribution in [0.1, 0.15) is 12.2 Å². The van der Waals surface area contributed by atoms with E-state index in [2.05, 4.69) is 10.6 Å². The van der Waals surface area contributed by atoms with E-state index in [1.807, 2.05) is 0 Å². The van der Waals surface area contributed by atoms with Gasteiger partial charge in [-0.2, -0.15) is 0 Å². The summed E-state index contributed by atoms with van der Waals surface area (Å²) in [6.07, 6.45) is 1.88. The van der Waals surface area contributed by atoms with Crippen molar-refractivity contribution >= 4 is 15.9 Å². The molecule has 0 unspecified atom stereocenters.